The van der Waals surface area contributed by atoms with Crippen LogP contribution >= 0.6 is 0 Å². The molecule has 0 aromatic heterocycles. The molecule has 3 rings (SSSR count). The van der Waals surface area contributed by atoms with E-state index in [4.69, 9.17) is 14.2 Å². The lowest BCUT2D eigenvalue weighted by Crippen LogP contribution is -2.34. The molecule has 1 heterocycles. The minimum absolute atomic E-state index is 0.211. The van der Waals surface area contributed by atoms with Crippen LogP contribution in [-0.2, 0) is 17.8 Å². The molecule has 0 N–H and O–H groups in total. The number of halogens is 1. The first-order valence-electron chi connectivity index (χ1n) is 11.3. The zero-order valence-corrected chi connectivity index (χ0v) is 19.3. The molecule has 0 atom stereocenters. The first kappa shape index (κ1) is 23.1. The molecule has 1 aliphatic rings. The molecule has 31 heavy (non-hydrogen) atoms. The average molecular weight is 429 g/mol. The van der Waals surface area contributed by atoms with Gasteiger partial charge in [-0.15, -0.1) is 0 Å². The number of carbonyl (C=O) groups excluding carboxylic acids is 1. The summed E-state index contributed by atoms with van der Waals surface area (Å²) in [5, 5.41) is 0. The summed E-state index contributed by atoms with van der Waals surface area (Å²) in [6.45, 7) is 10.1. The molecule has 0 radical (unpaired) electrons. The lowest BCUT2D eigenvalue weighted by molar-refractivity contribution is -0.134. The minimum atomic E-state index is -0.272. The second kappa shape index (κ2) is 9.71. The third-order valence-electron chi connectivity index (χ3n) is 6.03. The van der Waals surface area contributed by atoms with Gasteiger partial charge in [-0.1, -0.05) is 33.6 Å². The standard InChI is InChI=1S/C26H33FO4/c1-6-11-26(12-7-2)15-19-13-21(27)14-20(25(19)31-26)16-29-22-9-10-23(18(5)17(22)4)30-24(28)8-3/h9-10,13-14H,6-8,11-12,15-16H2,1-5H3. The van der Waals surface area contributed by atoms with Crippen molar-refractivity contribution in [2.75, 3.05) is 0 Å². The molecule has 0 fully saturated rings. The van der Waals surface area contributed by atoms with Crippen molar-refractivity contribution < 1.29 is 23.4 Å². The molecular weight excluding hydrogens is 395 g/mol. The molecule has 0 spiro atoms. The zero-order chi connectivity index (χ0) is 22.6. The number of carbonyl (C=O) groups is 1. The molecule has 0 bridgehead atoms. The van der Waals surface area contributed by atoms with E-state index in [1.165, 1.54) is 6.07 Å². The maximum atomic E-state index is 14.4. The van der Waals surface area contributed by atoms with Crippen LogP contribution in [0.5, 0.6) is 17.2 Å². The molecule has 4 nitrogen and oxygen atoms in total. The van der Waals surface area contributed by atoms with Crippen molar-refractivity contribution in [2.24, 2.45) is 0 Å². The maximum Gasteiger partial charge on any atom is 0.310 e. The number of fused-ring (bicyclic) bond motifs is 1. The highest BCUT2D eigenvalue weighted by atomic mass is 19.1. The summed E-state index contributed by atoms with van der Waals surface area (Å²) in [7, 11) is 0. The average Bonchev–Trinajstić information content (AvgIpc) is 3.08. The van der Waals surface area contributed by atoms with E-state index in [2.05, 4.69) is 13.8 Å². The van der Waals surface area contributed by atoms with Gasteiger partial charge < -0.3 is 14.2 Å². The Bertz CT molecular complexity index is 945. The number of hydrogen-bond donors (Lipinski definition) is 0. The van der Waals surface area contributed by atoms with Crippen molar-refractivity contribution in [1.29, 1.82) is 0 Å². The monoisotopic (exact) mass is 428 g/mol. The van der Waals surface area contributed by atoms with Gasteiger partial charge in [0.1, 0.15) is 35.3 Å². The second-order valence-corrected chi connectivity index (χ2v) is 8.44. The van der Waals surface area contributed by atoms with Gasteiger partial charge in [-0.3, -0.25) is 4.79 Å². The third-order valence-corrected chi connectivity index (χ3v) is 6.03. The fourth-order valence-corrected chi connectivity index (χ4v) is 4.38. The van der Waals surface area contributed by atoms with Gasteiger partial charge in [-0.25, -0.2) is 4.39 Å². The zero-order valence-electron chi connectivity index (χ0n) is 19.3. The van der Waals surface area contributed by atoms with Crippen molar-refractivity contribution in [2.45, 2.75) is 85.4 Å². The number of esters is 1. The Morgan fingerprint density at radius 3 is 2.35 bits per heavy atom. The molecule has 2 aromatic rings. The third kappa shape index (κ3) is 5.03. The molecular formula is C26H33FO4. The Balaban J connectivity index is 1.81. The van der Waals surface area contributed by atoms with Gasteiger partial charge in [-0.2, -0.15) is 0 Å². The first-order valence-corrected chi connectivity index (χ1v) is 11.3. The summed E-state index contributed by atoms with van der Waals surface area (Å²) >= 11 is 0. The van der Waals surface area contributed by atoms with Crippen molar-refractivity contribution in [3.63, 3.8) is 0 Å². The number of rotatable bonds is 9. The van der Waals surface area contributed by atoms with Gasteiger partial charge >= 0.3 is 5.97 Å². The number of benzene rings is 2. The quantitative estimate of drug-likeness (QED) is 0.333. The van der Waals surface area contributed by atoms with Gasteiger partial charge in [0.2, 0.25) is 0 Å². The van der Waals surface area contributed by atoms with Crippen molar-refractivity contribution in [1.82, 2.24) is 0 Å². The highest BCUT2D eigenvalue weighted by Crippen LogP contribution is 2.43. The molecule has 2 aromatic carbocycles. The Labute approximate surface area is 184 Å². The Hall–Kier alpha value is -2.56. The SMILES string of the molecule is CCCC1(CCC)Cc2cc(F)cc(COc3ccc(OC(=O)CC)c(C)c3C)c2O1. The Morgan fingerprint density at radius 1 is 1.06 bits per heavy atom. The molecule has 0 saturated carbocycles. The van der Waals surface area contributed by atoms with E-state index in [1.54, 1.807) is 25.1 Å². The van der Waals surface area contributed by atoms with Gasteiger partial charge in [-0.05, 0) is 62.1 Å². The van der Waals surface area contributed by atoms with Gasteiger partial charge in [0.25, 0.3) is 0 Å². The Morgan fingerprint density at radius 2 is 1.71 bits per heavy atom. The van der Waals surface area contributed by atoms with Crippen LogP contribution in [0.4, 0.5) is 4.39 Å². The van der Waals surface area contributed by atoms with E-state index in [-0.39, 0.29) is 24.0 Å². The van der Waals surface area contributed by atoms with Crippen molar-refractivity contribution in [3.05, 3.63) is 52.3 Å². The minimum Gasteiger partial charge on any atom is -0.488 e. The van der Waals surface area contributed by atoms with E-state index in [0.717, 1.165) is 60.1 Å². The summed E-state index contributed by atoms with van der Waals surface area (Å²) in [4.78, 5) is 11.6. The largest absolute Gasteiger partial charge is 0.488 e. The topological polar surface area (TPSA) is 44.8 Å². The van der Waals surface area contributed by atoms with Crippen LogP contribution in [0.3, 0.4) is 0 Å². The highest BCUT2D eigenvalue weighted by molar-refractivity contribution is 5.72. The van der Waals surface area contributed by atoms with Crippen LogP contribution in [0.1, 0.15) is 75.1 Å². The van der Waals surface area contributed by atoms with Crippen LogP contribution in [-0.4, -0.2) is 11.6 Å². The van der Waals surface area contributed by atoms with Crippen molar-refractivity contribution >= 4 is 5.97 Å². The van der Waals surface area contributed by atoms with Crippen LogP contribution in [0.25, 0.3) is 0 Å². The molecule has 0 amide bonds. The highest BCUT2D eigenvalue weighted by Gasteiger charge is 2.39. The smallest absolute Gasteiger partial charge is 0.310 e. The van der Waals surface area contributed by atoms with E-state index in [0.29, 0.717) is 17.9 Å². The molecule has 1 aliphatic heterocycles. The maximum absolute atomic E-state index is 14.4. The van der Waals surface area contributed by atoms with Crippen LogP contribution in [0.2, 0.25) is 0 Å². The van der Waals surface area contributed by atoms with E-state index < -0.39 is 0 Å². The fraction of sp³-hybridized carbons (Fsp3) is 0.500. The van der Waals surface area contributed by atoms with Crippen molar-refractivity contribution in [3.8, 4) is 17.2 Å². The predicted molar refractivity (Wildman–Crippen MR) is 119 cm³/mol. The van der Waals surface area contributed by atoms with E-state index >= 15 is 0 Å². The molecule has 5 heteroatoms. The lowest BCUT2D eigenvalue weighted by Gasteiger charge is -2.28. The van der Waals surface area contributed by atoms with Crippen LogP contribution in [0.15, 0.2) is 24.3 Å². The molecule has 0 aliphatic carbocycles. The van der Waals surface area contributed by atoms with Gasteiger partial charge in [0, 0.05) is 24.0 Å². The summed E-state index contributed by atoms with van der Waals surface area (Å²) in [6.07, 6.45) is 5.01. The summed E-state index contributed by atoms with van der Waals surface area (Å²) in [5.41, 5.74) is 3.15. The van der Waals surface area contributed by atoms with Crippen LogP contribution < -0.4 is 14.2 Å². The summed E-state index contributed by atoms with van der Waals surface area (Å²) in [6, 6.07) is 6.63. The predicted octanol–water partition coefficient (Wildman–Crippen LogP) is 6.61. The van der Waals surface area contributed by atoms with E-state index in [1.807, 2.05) is 13.8 Å². The molecule has 0 unspecified atom stereocenters. The fourth-order valence-electron chi connectivity index (χ4n) is 4.38. The van der Waals surface area contributed by atoms with Gasteiger partial charge in [0.15, 0.2) is 0 Å². The second-order valence-electron chi connectivity index (χ2n) is 8.44. The van der Waals surface area contributed by atoms with E-state index in [9.17, 15) is 9.18 Å². The first-order chi connectivity index (χ1) is 14.8. The number of ether oxygens (including phenoxy) is 3. The summed E-state index contributed by atoms with van der Waals surface area (Å²) in [5.74, 6) is 1.45. The Kier molecular flexibility index (Phi) is 7.24. The normalized spacial score (nSPS) is 14.1. The summed E-state index contributed by atoms with van der Waals surface area (Å²) < 4.78 is 32.3. The van der Waals surface area contributed by atoms with Gasteiger partial charge in [0.05, 0.1) is 0 Å². The van der Waals surface area contributed by atoms with Crippen LogP contribution in [0, 0.1) is 19.7 Å². The molecule has 0 saturated heterocycles. The number of hydrogen-bond acceptors (Lipinski definition) is 4. The lowest BCUT2D eigenvalue weighted by atomic mass is 9.88. The molecule has 168 valence electrons.